The Morgan fingerprint density at radius 1 is 0.538 bits per heavy atom. The van der Waals surface area contributed by atoms with Crippen LogP contribution in [0, 0.1) is 11.8 Å². The van der Waals surface area contributed by atoms with Gasteiger partial charge in [0.2, 0.25) is 0 Å². The molecule has 342 valence electrons. The Morgan fingerprint density at radius 2 is 0.908 bits per heavy atom. The van der Waals surface area contributed by atoms with Gasteiger partial charge in [-0.15, -0.1) is 80.6 Å². The molecular weight excluding hydrogens is 944 g/mol. The van der Waals surface area contributed by atoms with Crippen molar-refractivity contribution in [3.05, 3.63) is 140 Å². The Kier molecular flexibility index (Phi) is 19.9. The van der Waals surface area contributed by atoms with Crippen molar-refractivity contribution in [2.75, 3.05) is 0 Å². The average Bonchev–Trinajstić information content (AvgIpc) is 4.16. The number of fused-ring (bicyclic) bond motifs is 2. The van der Waals surface area contributed by atoms with Crippen molar-refractivity contribution in [2.24, 2.45) is 11.8 Å². The van der Waals surface area contributed by atoms with E-state index >= 15 is 0 Å². The molecule has 0 heterocycles. The fraction of sp³-hybridized carbons (Fsp3) is 0.448. The topological polar surface area (TPSA) is 0 Å². The van der Waals surface area contributed by atoms with Gasteiger partial charge in [0, 0.05) is 0 Å². The molecular formula is C58H65Cl2F3SiZr-2. The first kappa shape index (κ1) is 51.7. The third-order valence-corrected chi connectivity index (χ3v) is 17.2. The summed E-state index contributed by atoms with van der Waals surface area (Å²) in [6, 6.07) is 32.6. The van der Waals surface area contributed by atoms with Crippen molar-refractivity contribution < 1.29 is 61.3 Å². The number of benzene rings is 4. The van der Waals surface area contributed by atoms with E-state index in [2.05, 4.69) is 121 Å². The summed E-state index contributed by atoms with van der Waals surface area (Å²) in [6.07, 6.45) is 37.3. The fourth-order valence-corrected chi connectivity index (χ4v) is 12.4. The zero-order valence-corrected chi connectivity index (χ0v) is 43.2. The van der Waals surface area contributed by atoms with Crippen molar-refractivity contribution in [3.63, 3.8) is 0 Å². The third-order valence-electron chi connectivity index (χ3n) is 14.4. The molecule has 65 heavy (non-hydrogen) atoms. The number of hydrogen-bond donors (Lipinski definition) is 0. The van der Waals surface area contributed by atoms with E-state index in [-0.39, 0.29) is 24.8 Å². The molecule has 4 aromatic carbocycles. The van der Waals surface area contributed by atoms with Gasteiger partial charge in [-0.2, -0.15) is 0 Å². The van der Waals surface area contributed by atoms with Crippen LogP contribution in [0.15, 0.2) is 108 Å². The smallest absolute Gasteiger partial charge is 0.0162 e. The first-order valence-electron chi connectivity index (χ1n) is 24.4. The molecule has 0 unspecified atom stereocenters. The Balaban J connectivity index is 0.000000177. The summed E-state index contributed by atoms with van der Waals surface area (Å²) >= 11 is 1.29. The largest absolute Gasteiger partial charge is 1.00 e. The van der Waals surface area contributed by atoms with E-state index in [9.17, 15) is 13.2 Å². The van der Waals surface area contributed by atoms with Crippen LogP contribution in [0.4, 0.5) is 13.2 Å². The van der Waals surface area contributed by atoms with Gasteiger partial charge >= 0.3 is 67.1 Å². The Bertz CT molecular complexity index is 2330. The third kappa shape index (κ3) is 14.7. The van der Waals surface area contributed by atoms with Crippen LogP contribution in [0.5, 0.6) is 0 Å². The molecule has 0 amide bonds. The van der Waals surface area contributed by atoms with E-state index in [1.54, 1.807) is 0 Å². The monoisotopic (exact) mass is 1010 g/mol. The first-order valence-corrected chi connectivity index (χ1v) is 30.3. The second kappa shape index (κ2) is 25.1. The summed E-state index contributed by atoms with van der Waals surface area (Å²) in [5.41, 5.74) is 10.4. The maximum Gasteiger partial charge on any atom is -0.0162 e. The van der Waals surface area contributed by atoms with Gasteiger partial charge in [0.15, 0.2) is 0 Å². The van der Waals surface area contributed by atoms with Gasteiger partial charge in [0.05, 0.1) is 0 Å². The minimum atomic E-state index is -3.93. The van der Waals surface area contributed by atoms with Crippen LogP contribution in [0.3, 0.4) is 0 Å². The molecule has 0 aromatic heterocycles. The molecule has 4 aromatic rings. The maximum atomic E-state index is 11.4. The van der Waals surface area contributed by atoms with Crippen LogP contribution in [-0.2, 0) is 23.3 Å². The first-order chi connectivity index (χ1) is 30.6. The molecule has 6 aliphatic rings. The van der Waals surface area contributed by atoms with E-state index in [1.807, 2.05) is 6.55 Å². The molecule has 0 N–H and O–H groups in total. The summed E-state index contributed by atoms with van der Waals surface area (Å²) in [5.74, 6) is 3.08. The SMILES string of the molecule is C[Si](=[Zr+2])CCC(F)(F)F.[C-]1=c2cccc(-c3ccc(C4CCCCC4)cc3)c2=CC1=CC1CCCC1.[C-]1=c2cccc(-c3ccc(C4CCCCC4)cc3)c2=CC1=CC1CCCC1.[Cl-].[Cl-]. The Hall–Kier alpha value is -2.69. The van der Waals surface area contributed by atoms with Gasteiger partial charge in [-0.25, -0.2) is 0 Å². The quantitative estimate of drug-likeness (QED) is 0.124. The summed E-state index contributed by atoms with van der Waals surface area (Å²) in [6.45, 7) is 1.93. The number of allylic oxidation sites excluding steroid dienone is 4. The molecule has 10 rings (SSSR count). The predicted octanol–water partition coefficient (Wildman–Crippen LogP) is 8.05. The van der Waals surface area contributed by atoms with Crippen molar-refractivity contribution in [3.8, 4) is 22.3 Å². The van der Waals surface area contributed by atoms with E-state index in [0.29, 0.717) is 6.04 Å². The van der Waals surface area contributed by atoms with Gasteiger partial charge in [-0.3, -0.25) is 0 Å². The zero-order valence-electron chi connectivity index (χ0n) is 38.2. The van der Waals surface area contributed by atoms with E-state index in [0.717, 1.165) is 23.7 Å². The standard InChI is InChI=1S/2C27H29.C4H7F3Si.2ClH.Zr/c2*1-2-9-22(10-3-1)23-13-15-24(16-14-23)26-12-6-11-25-18-21(19-27(25)26)17-20-7-4-5-8-20;1-8-3-2-4(5,6)7;;;/h2*6,11-17,19-20,22H,1-5,7-10H2;2-3H2,1H3;2*1H;/q2*-1;;;;+2/p-2. The van der Waals surface area contributed by atoms with Gasteiger partial charge in [0.1, 0.15) is 0 Å². The van der Waals surface area contributed by atoms with Gasteiger partial charge in [0.25, 0.3) is 0 Å². The molecule has 0 spiro atoms. The van der Waals surface area contributed by atoms with Crippen LogP contribution in [0.25, 0.3) is 46.6 Å². The molecule has 0 radical (unpaired) electrons. The van der Waals surface area contributed by atoms with Crippen molar-refractivity contribution >= 4 is 29.7 Å². The van der Waals surface area contributed by atoms with E-state index < -0.39 is 18.0 Å². The molecule has 0 atom stereocenters. The molecule has 4 saturated carbocycles. The van der Waals surface area contributed by atoms with E-state index in [4.69, 9.17) is 0 Å². The van der Waals surface area contributed by atoms with Crippen LogP contribution in [0.2, 0.25) is 12.6 Å². The number of halogens is 5. The summed E-state index contributed by atoms with van der Waals surface area (Å²) in [4.78, 5) is 0. The second-order valence-corrected chi connectivity index (χ2v) is 27.6. The van der Waals surface area contributed by atoms with Gasteiger partial charge < -0.3 is 24.8 Å². The summed E-state index contributed by atoms with van der Waals surface area (Å²) in [7, 11) is 0. The fourth-order valence-electron chi connectivity index (χ4n) is 10.9. The van der Waals surface area contributed by atoms with Gasteiger partial charge in [-0.1, -0.05) is 174 Å². The Morgan fingerprint density at radius 3 is 1.25 bits per heavy atom. The number of alkyl halides is 3. The molecule has 0 bridgehead atoms. The van der Waals surface area contributed by atoms with Crippen molar-refractivity contribution in [1.82, 2.24) is 0 Å². The Labute approximate surface area is 415 Å². The predicted molar refractivity (Wildman–Crippen MR) is 257 cm³/mol. The van der Waals surface area contributed by atoms with Crippen molar-refractivity contribution in [2.45, 2.75) is 153 Å². The van der Waals surface area contributed by atoms with Crippen LogP contribution in [0.1, 0.15) is 145 Å². The maximum absolute atomic E-state index is 11.4. The minimum absolute atomic E-state index is 0. The molecule has 6 aliphatic carbocycles. The molecule has 4 fully saturated rings. The molecule has 7 heteroatoms. The average molecular weight is 1010 g/mol. The molecule has 0 nitrogen and oxygen atoms in total. The minimum Gasteiger partial charge on any atom is -1.00 e. The second-order valence-electron chi connectivity index (χ2n) is 19.2. The van der Waals surface area contributed by atoms with Crippen LogP contribution < -0.4 is 45.7 Å². The molecule has 0 saturated heterocycles. The summed E-state index contributed by atoms with van der Waals surface area (Å²) in [5, 5.41) is 5.22. The summed E-state index contributed by atoms with van der Waals surface area (Å²) < 4.78 is 34.3. The van der Waals surface area contributed by atoms with Crippen LogP contribution in [-0.4, -0.2) is 11.6 Å². The number of hydrogen-bond acceptors (Lipinski definition) is 0. The normalized spacial score (nSPS) is 19.8. The zero-order chi connectivity index (χ0) is 43.6. The molecule has 0 aliphatic heterocycles. The van der Waals surface area contributed by atoms with E-state index in [1.165, 1.54) is 204 Å². The van der Waals surface area contributed by atoms with Gasteiger partial charge in [-0.05, 0) is 71.6 Å². The number of rotatable bonds is 8. The van der Waals surface area contributed by atoms with Crippen LogP contribution >= 0.6 is 0 Å². The van der Waals surface area contributed by atoms with Crippen molar-refractivity contribution in [1.29, 1.82) is 0 Å².